The van der Waals surface area contributed by atoms with E-state index in [1.165, 1.54) is 0 Å². The maximum Gasteiger partial charge on any atom is 0.254 e. The standard InChI is InChI=1S/C19H23N3O3/c1-24-13-15-3-2-4-16(11-15)19(23)22-9-10-25-18(12-22)6-5-17-7-8-20-14-21-17/h2-4,7-8,11,14,18H,5-6,9-10,12-13H2,1H3/t18-/m1/s1. The molecule has 0 unspecified atom stereocenters. The normalized spacial score (nSPS) is 17.5. The molecule has 1 aromatic heterocycles. The molecule has 25 heavy (non-hydrogen) atoms. The van der Waals surface area contributed by atoms with Crippen LogP contribution in [0.4, 0.5) is 0 Å². The smallest absolute Gasteiger partial charge is 0.254 e. The van der Waals surface area contributed by atoms with E-state index in [4.69, 9.17) is 9.47 Å². The number of methoxy groups -OCH3 is 1. The Morgan fingerprint density at radius 2 is 2.32 bits per heavy atom. The highest BCUT2D eigenvalue weighted by molar-refractivity contribution is 5.94. The molecule has 0 spiro atoms. The predicted molar refractivity (Wildman–Crippen MR) is 93.2 cm³/mol. The second kappa shape index (κ2) is 8.69. The number of benzene rings is 1. The first-order valence-electron chi connectivity index (χ1n) is 8.50. The molecule has 1 saturated heterocycles. The molecular formula is C19H23N3O3. The number of aromatic nitrogens is 2. The van der Waals surface area contributed by atoms with E-state index in [9.17, 15) is 4.79 Å². The molecule has 132 valence electrons. The van der Waals surface area contributed by atoms with Crippen molar-refractivity contribution in [2.75, 3.05) is 26.8 Å². The van der Waals surface area contributed by atoms with Crippen LogP contribution in [-0.4, -0.2) is 53.7 Å². The summed E-state index contributed by atoms with van der Waals surface area (Å²) in [7, 11) is 1.65. The summed E-state index contributed by atoms with van der Waals surface area (Å²) in [6, 6.07) is 9.52. The van der Waals surface area contributed by atoms with E-state index in [1.807, 2.05) is 35.2 Å². The Hall–Kier alpha value is -2.31. The van der Waals surface area contributed by atoms with Gasteiger partial charge in [-0.2, -0.15) is 0 Å². The predicted octanol–water partition coefficient (Wildman–Crippen LogP) is 2.10. The van der Waals surface area contributed by atoms with Gasteiger partial charge in [-0.15, -0.1) is 0 Å². The summed E-state index contributed by atoms with van der Waals surface area (Å²) in [5.41, 5.74) is 2.70. The highest BCUT2D eigenvalue weighted by atomic mass is 16.5. The highest BCUT2D eigenvalue weighted by Gasteiger charge is 2.25. The van der Waals surface area contributed by atoms with Crippen LogP contribution in [0.2, 0.25) is 0 Å². The number of amides is 1. The largest absolute Gasteiger partial charge is 0.380 e. The Labute approximate surface area is 147 Å². The van der Waals surface area contributed by atoms with Gasteiger partial charge in [-0.3, -0.25) is 4.79 Å². The van der Waals surface area contributed by atoms with Crippen molar-refractivity contribution >= 4 is 5.91 Å². The maximum absolute atomic E-state index is 12.8. The van der Waals surface area contributed by atoms with Gasteiger partial charge in [0.05, 0.1) is 19.3 Å². The molecule has 1 aliphatic rings. The van der Waals surface area contributed by atoms with Crippen LogP contribution in [0, 0.1) is 0 Å². The van der Waals surface area contributed by atoms with Gasteiger partial charge < -0.3 is 14.4 Å². The van der Waals surface area contributed by atoms with Gasteiger partial charge in [0.2, 0.25) is 0 Å². The number of hydrogen-bond acceptors (Lipinski definition) is 5. The lowest BCUT2D eigenvalue weighted by Crippen LogP contribution is -2.45. The van der Waals surface area contributed by atoms with E-state index in [1.54, 1.807) is 19.6 Å². The summed E-state index contributed by atoms with van der Waals surface area (Å²) < 4.78 is 11.0. The summed E-state index contributed by atoms with van der Waals surface area (Å²) >= 11 is 0. The average Bonchev–Trinajstić information content (AvgIpc) is 2.67. The summed E-state index contributed by atoms with van der Waals surface area (Å²) in [6.45, 7) is 2.31. The molecule has 2 aromatic rings. The maximum atomic E-state index is 12.8. The van der Waals surface area contributed by atoms with Gasteiger partial charge in [-0.25, -0.2) is 9.97 Å². The Morgan fingerprint density at radius 3 is 3.12 bits per heavy atom. The zero-order valence-corrected chi connectivity index (χ0v) is 14.4. The molecule has 0 saturated carbocycles. The molecule has 1 amide bonds. The second-order valence-corrected chi connectivity index (χ2v) is 6.12. The third kappa shape index (κ3) is 4.84. The van der Waals surface area contributed by atoms with Crippen LogP contribution in [0.5, 0.6) is 0 Å². The molecular weight excluding hydrogens is 318 g/mol. The third-order valence-electron chi connectivity index (χ3n) is 4.28. The lowest BCUT2D eigenvalue weighted by molar-refractivity contribution is -0.0247. The zero-order valence-electron chi connectivity index (χ0n) is 14.4. The van der Waals surface area contributed by atoms with Crippen molar-refractivity contribution in [1.29, 1.82) is 0 Å². The van der Waals surface area contributed by atoms with Crippen LogP contribution < -0.4 is 0 Å². The molecule has 1 fully saturated rings. The number of aryl methyl sites for hydroxylation is 1. The van der Waals surface area contributed by atoms with Crippen molar-refractivity contribution < 1.29 is 14.3 Å². The van der Waals surface area contributed by atoms with Crippen LogP contribution in [0.1, 0.15) is 28.0 Å². The lowest BCUT2D eigenvalue weighted by Gasteiger charge is -2.33. The fourth-order valence-corrected chi connectivity index (χ4v) is 3.00. The third-order valence-corrected chi connectivity index (χ3v) is 4.28. The minimum absolute atomic E-state index is 0.0369. The molecule has 0 N–H and O–H groups in total. The average molecular weight is 341 g/mol. The van der Waals surface area contributed by atoms with Crippen LogP contribution in [-0.2, 0) is 22.5 Å². The van der Waals surface area contributed by atoms with Gasteiger partial charge in [-0.1, -0.05) is 12.1 Å². The number of ether oxygens (including phenoxy) is 2. The molecule has 0 aliphatic carbocycles. The number of rotatable bonds is 6. The van der Waals surface area contributed by atoms with Gasteiger partial charge in [0, 0.05) is 37.7 Å². The SMILES string of the molecule is COCc1cccc(C(=O)N2CCO[C@H](CCc3ccncn3)C2)c1. The summed E-state index contributed by atoms with van der Waals surface area (Å²) in [5.74, 6) is 0.0493. The summed E-state index contributed by atoms with van der Waals surface area (Å²) in [4.78, 5) is 22.8. The Bertz CT molecular complexity index is 693. The molecule has 6 nitrogen and oxygen atoms in total. The van der Waals surface area contributed by atoms with Crippen molar-refractivity contribution in [3.05, 3.63) is 59.7 Å². The van der Waals surface area contributed by atoms with Crippen molar-refractivity contribution in [3.8, 4) is 0 Å². The highest BCUT2D eigenvalue weighted by Crippen LogP contribution is 2.15. The van der Waals surface area contributed by atoms with Gasteiger partial charge >= 0.3 is 0 Å². The van der Waals surface area contributed by atoms with E-state index < -0.39 is 0 Å². The minimum Gasteiger partial charge on any atom is -0.380 e. The molecule has 1 aliphatic heterocycles. The lowest BCUT2D eigenvalue weighted by atomic mass is 10.1. The molecule has 1 aromatic carbocycles. The topological polar surface area (TPSA) is 64.5 Å². The molecule has 3 rings (SSSR count). The zero-order chi connectivity index (χ0) is 17.5. The number of nitrogens with zero attached hydrogens (tertiary/aromatic N) is 3. The van der Waals surface area contributed by atoms with Crippen LogP contribution >= 0.6 is 0 Å². The summed E-state index contributed by atoms with van der Waals surface area (Å²) in [6.07, 6.45) is 4.99. The van der Waals surface area contributed by atoms with Crippen LogP contribution in [0.15, 0.2) is 42.9 Å². The van der Waals surface area contributed by atoms with E-state index in [-0.39, 0.29) is 12.0 Å². The Kier molecular flexibility index (Phi) is 6.09. The number of carbonyl (C=O) groups is 1. The minimum atomic E-state index is 0.0369. The van der Waals surface area contributed by atoms with Gasteiger partial charge in [0.1, 0.15) is 6.33 Å². The number of hydrogen-bond donors (Lipinski definition) is 0. The molecule has 1 atom stereocenters. The molecule has 6 heteroatoms. The summed E-state index contributed by atoms with van der Waals surface area (Å²) in [5, 5.41) is 0. The first kappa shape index (κ1) is 17.5. The van der Waals surface area contributed by atoms with E-state index in [0.717, 1.165) is 24.1 Å². The van der Waals surface area contributed by atoms with Crippen molar-refractivity contribution in [1.82, 2.24) is 14.9 Å². The quantitative estimate of drug-likeness (QED) is 0.805. The monoisotopic (exact) mass is 341 g/mol. The fraction of sp³-hybridized carbons (Fsp3) is 0.421. The van der Waals surface area contributed by atoms with Crippen molar-refractivity contribution in [2.24, 2.45) is 0 Å². The van der Waals surface area contributed by atoms with Crippen LogP contribution in [0.25, 0.3) is 0 Å². The molecule has 0 bridgehead atoms. The van der Waals surface area contributed by atoms with Gasteiger partial charge in [0.15, 0.2) is 0 Å². The van der Waals surface area contributed by atoms with Gasteiger partial charge in [0.25, 0.3) is 5.91 Å². The van der Waals surface area contributed by atoms with E-state index in [0.29, 0.717) is 31.9 Å². The first-order valence-corrected chi connectivity index (χ1v) is 8.50. The first-order chi connectivity index (χ1) is 12.3. The van der Waals surface area contributed by atoms with Crippen LogP contribution in [0.3, 0.4) is 0 Å². The van der Waals surface area contributed by atoms with E-state index in [2.05, 4.69) is 9.97 Å². The van der Waals surface area contributed by atoms with Crippen molar-refractivity contribution in [3.63, 3.8) is 0 Å². The van der Waals surface area contributed by atoms with E-state index >= 15 is 0 Å². The van der Waals surface area contributed by atoms with Crippen molar-refractivity contribution in [2.45, 2.75) is 25.6 Å². The van der Waals surface area contributed by atoms with Gasteiger partial charge in [-0.05, 0) is 36.6 Å². The second-order valence-electron chi connectivity index (χ2n) is 6.12. The molecule has 0 radical (unpaired) electrons. The fourth-order valence-electron chi connectivity index (χ4n) is 3.00. The molecule has 2 heterocycles. The Balaban J connectivity index is 1.58. The Morgan fingerprint density at radius 1 is 1.40 bits per heavy atom. The number of carbonyl (C=O) groups excluding carboxylic acids is 1. The number of morpholine rings is 1.